The number of benzene rings is 1. The molecular weight excluding hydrogens is 1040 g/mol. The van der Waals surface area contributed by atoms with Crippen LogP contribution in [0.15, 0.2) is 72.4 Å². The number of carbonyl (C=O) groups excluding carboxylic acids is 7. The lowest BCUT2D eigenvalue weighted by Crippen LogP contribution is -2.58. The van der Waals surface area contributed by atoms with Crippen LogP contribution in [-0.4, -0.2) is 177 Å². The van der Waals surface area contributed by atoms with E-state index in [1.807, 2.05) is 59.8 Å². The Morgan fingerprint density at radius 1 is 0.963 bits per heavy atom. The highest BCUT2D eigenvalue weighted by Crippen LogP contribution is 2.38. The van der Waals surface area contributed by atoms with Gasteiger partial charge in [0.05, 0.1) is 69.7 Å². The molecule has 6 amide bonds. The molecule has 2 fully saturated rings. The number of epoxide rings is 1. The van der Waals surface area contributed by atoms with Crippen molar-refractivity contribution in [2.45, 2.75) is 193 Å². The molecule has 4 aliphatic heterocycles. The molecule has 4 heterocycles. The number of esters is 1. The standard InChI is InChI=1S/C61H92N6O14/c1-12-47(69)42(7)56-48(79-56)37-60(9,77)29-17-18-40(5)55-41(6)20-25-49(61(10,78-13-2)30-28-46(68)36-53(73)81-55)80-59(76)65-32-34-67(11,35-33-65)38-44-21-23-45(24-22-44)63-57(74)43(8)62-58(75)54(39(3)4)64-50(70)19-15-14-16-31-66-51(71)26-27-52(66)72/h17-18,20-27,29,39,41-43,46-49,54-56,68-69,77H,12-16,19,28,30-38H2,1-11H3,(H2-,62,63,64,70,74,75)/p+1/b25-20+,29-17+,40-18+/t41-,42+,43-,46+,47-,48+,49-,54-,55+,56+,60-,61+/m0/s1. The molecule has 1 aromatic rings. The fourth-order valence-corrected chi connectivity index (χ4v) is 10.7. The molecule has 12 atom stereocenters. The van der Waals surface area contributed by atoms with Gasteiger partial charge in [0.2, 0.25) is 17.7 Å². The SMILES string of the molecule is CCO[C@]1(C)CC[C@@H](O)CC(=O)O[C@H](/C(C)=C/C=C/[C@](C)(O)C[C@H]2O[C@@H]2[C@H](C)[C@@H](O)CC)[C@@H](C)/C=C/[C@@H]1OC(=O)N1CC[N+](C)(Cc2ccc(NC(=O)[C@H](C)NC(=O)[C@@H](NC(=O)CCCCCN3C(=O)C=CC3=O)C(C)C)cc2)CC1. The van der Waals surface area contributed by atoms with Crippen molar-refractivity contribution >= 4 is 47.3 Å². The van der Waals surface area contributed by atoms with Crippen molar-refractivity contribution in [1.82, 2.24) is 20.4 Å². The molecule has 0 spiro atoms. The maximum Gasteiger partial charge on any atom is 0.410 e. The zero-order valence-electron chi connectivity index (χ0n) is 49.7. The summed E-state index contributed by atoms with van der Waals surface area (Å²) in [7, 11) is 2.13. The van der Waals surface area contributed by atoms with Gasteiger partial charge in [-0.3, -0.25) is 38.6 Å². The van der Waals surface area contributed by atoms with Gasteiger partial charge in [0.25, 0.3) is 11.8 Å². The molecule has 0 unspecified atom stereocenters. The molecular formula is C61H93N6O14+. The molecule has 0 bridgehead atoms. The number of hydrogen-bond acceptors (Lipinski definition) is 14. The number of aliphatic hydroxyl groups excluding tert-OH is 2. The highest BCUT2D eigenvalue weighted by molar-refractivity contribution is 6.12. The molecule has 0 radical (unpaired) electrons. The van der Waals surface area contributed by atoms with Crippen LogP contribution in [0.5, 0.6) is 0 Å². The van der Waals surface area contributed by atoms with Gasteiger partial charge in [0.1, 0.15) is 30.3 Å². The number of hydrogen-bond donors (Lipinski definition) is 6. The predicted octanol–water partition coefficient (Wildman–Crippen LogP) is 5.79. The lowest BCUT2D eigenvalue weighted by Gasteiger charge is -2.43. The number of likely N-dealkylation sites (N-methyl/N-ethyl adjacent to an activating group) is 1. The lowest BCUT2D eigenvalue weighted by atomic mass is 9.88. The molecule has 0 aliphatic carbocycles. The van der Waals surface area contributed by atoms with E-state index in [0.717, 1.165) is 10.5 Å². The van der Waals surface area contributed by atoms with Gasteiger partial charge in [-0.1, -0.05) is 77.5 Å². The number of cyclic esters (lactones) is 1. The predicted molar refractivity (Wildman–Crippen MR) is 306 cm³/mol. The van der Waals surface area contributed by atoms with Crippen LogP contribution < -0.4 is 16.0 Å². The van der Waals surface area contributed by atoms with Crippen molar-refractivity contribution in [3.05, 3.63) is 77.9 Å². The smallest absolute Gasteiger partial charge is 0.410 e. The molecule has 20 nitrogen and oxygen atoms in total. The minimum atomic E-state index is -1.20. The van der Waals surface area contributed by atoms with Crippen molar-refractivity contribution in [2.75, 3.05) is 51.7 Å². The number of imide groups is 1. The second-order valence-corrected chi connectivity index (χ2v) is 23.8. The first kappa shape index (κ1) is 66.0. The summed E-state index contributed by atoms with van der Waals surface area (Å²) >= 11 is 0. The summed E-state index contributed by atoms with van der Waals surface area (Å²) in [5.41, 5.74) is 0.0147. The lowest BCUT2D eigenvalue weighted by molar-refractivity contribution is -0.926. The van der Waals surface area contributed by atoms with Crippen LogP contribution in [0.25, 0.3) is 0 Å². The van der Waals surface area contributed by atoms with Gasteiger partial charge >= 0.3 is 12.1 Å². The van der Waals surface area contributed by atoms with E-state index in [1.54, 1.807) is 69.0 Å². The molecule has 1 aromatic carbocycles. The Labute approximate surface area is 479 Å². The number of carbonyl (C=O) groups is 7. The van der Waals surface area contributed by atoms with Gasteiger partial charge in [-0.05, 0) is 96.4 Å². The number of quaternary nitrogens is 1. The van der Waals surface area contributed by atoms with Crippen LogP contribution in [0.1, 0.15) is 133 Å². The van der Waals surface area contributed by atoms with Gasteiger partial charge in [-0.25, -0.2) is 4.79 Å². The minimum Gasteiger partial charge on any atom is -0.457 e. The summed E-state index contributed by atoms with van der Waals surface area (Å²) in [6.45, 7) is 21.6. The molecule has 5 rings (SSSR count). The molecule has 20 heteroatoms. The first-order chi connectivity index (χ1) is 38.2. The highest BCUT2D eigenvalue weighted by Gasteiger charge is 2.47. The summed E-state index contributed by atoms with van der Waals surface area (Å²) in [5, 5.41) is 40.9. The number of allylic oxidation sites excluding steroid dienone is 2. The quantitative estimate of drug-likeness (QED) is 0.0129. The first-order valence-electron chi connectivity index (χ1n) is 29.1. The Kier molecular flexibility index (Phi) is 24.4. The van der Waals surface area contributed by atoms with Crippen LogP contribution in [0.2, 0.25) is 0 Å². The largest absolute Gasteiger partial charge is 0.457 e. The van der Waals surface area contributed by atoms with Gasteiger partial charge in [-0.15, -0.1) is 0 Å². The maximum atomic E-state index is 14.1. The summed E-state index contributed by atoms with van der Waals surface area (Å²) in [4.78, 5) is 93.0. The Balaban J connectivity index is 1.13. The van der Waals surface area contributed by atoms with E-state index in [1.165, 1.54) is 12.2 Å². The Morgan fingerprint density at radius 3 is 2.26 bits per heavy atom. The molecule has 450 valence electrons. The van der Waals surface area contributed by atoms with E-state index in [9.17, 15) is 48.9 Å². The van der Waals surface area contributed by atoms with Crippen LogP contribution >= 0.6 is 0 Å². The molecule has 81 heavy (non-hydrogen) atoms. The second kappa shape index (κ2) is 30.0. The Morgan fingerprint density at radius 2 is 1.63 bits per heavy atom. The van der Waals surface area contributed by atoms with Gasteiger partial charge in [0.15, 0.2) is 6.10 Å². The second-order valence-electron chi connectivity index (χ2n) is 23.8. The maximum absolute atomic E-state index is 14.1. The molecule has 0 saturated carbocycles. The topological polar surface area (TPSA) is 263 Å². The van der Waals surface area contributed by atoms with Gasteiger partial charge < -0.3 is 54.7 Å². The van der Waals surface area contributed by atoms with Crippen molar-refractivity contribution in [1.29, 1.82) is 0 Å². The van der Waals surface area contributed by atoms with Gasteiger partial charge in [0, 0.05) is 61.2 Å². The zero-order valence-corrected chi connectivity index (χ0v) is 49.7. The number of unbranched alkanes of at least 4 members (excludes halogenated alkanes) is 2. The highest BCUT2D eigenvalue weighted by atomic mass is 16.6. The molecule has 4 aliphatic rings. The summed E-state index contributed by atoms with van der Waals surface area (Å²) in [6, 6.07) is 5.71. The van der Waals surface area contributed by atoms with Crippen molar-refractivity contribution < 1.29 is 72.3 Å². The van der Waals surface area contributed by atoms with Gasteiger partial charge in [-0.2, -0.15) is 0 Å². The number of nitrogens with zero attached hydrogens (tertiary/aromatic N) is 3. The third-order valence-corrected chi connectivity index (χ3v) is 16.1. The monoisotopic (exact) mass is 1130 g/mol. The fraction of sp³-hybridized carbons (Fsp3) is 0.656. The zero-order chi connectivity index (χ0) is 59.8. The number of piperazine rings is 1. The number of nitrogens with one attached hydrogen (secondary N) is 3. The Bertz CT molecular complexity index is 2430. The number of anilines is 1. The van der Waals surface area contributed by atoms with E-state index in [4.69, 9.17) is 18.9 Å². The third kappa shape index (κ3) is 20.0. The first-order valence-corrected chi connectivity index (χ1v) is 29.1. The van der Waals surface area contributed by atoms with Crippen molar-refractivity contribution in [3.63, 3.8) is 0 Å². The molecule has 0 aromatic heterocycles. The number of rotatable bonds is 25. The van der Waals surface area contributed by atoms with E-state index >= 15 is 0 Å². The summed E-state index contributed by atoms with van der Waals surface area (Å²) in [5.74, 6) is -3.15. The van der Waals surface area contributed by atoms with E-state index in [2.05, 4.69) is 23.0 Å². The average molecular weight is 1130 g/mol. The van der Waals surface area contributed by atoms with Crippen molar-refractivity contribution in [3.8, 4) is 0 Å². The van der Waals surface area contributed by atoms with E-state index in [-0.39, 0.29) is 74.0 Å². The minimum absolute atomic E-state index is 0.0424. The average Bonchev–Trinajstić information content (AvgIpc) is 4.21. The van der Waals surface area contributed by atoms with Crippen LogP contribution in [0, 0.1) is 17.8 Å². The summed E-state index contributed by atoms with van der Waals surface area (Å²) in [6.07, 6.45) is 10.5. The molecule has 6 N–H and O–H groups in total. The van der Waals surface area contributed by atoms with E-state index < -0.39 is 77.5 Å². The molecule has 2 saturated heterocycles. The Hall–Kier alpha value is -5.77. The number of aliphatic hydroxyl groups is 3. The third-order valence-electron chi connectivity index (χ3n) is 16.1. The van der Waals surface area contributed by atoms with Crippen molar-refractivity contribution in [2.24, 2.45) is 17.8 Å². The van der Waals surface area contributed by atoms with E-state index in [0.29, 0.717) is 87.2 Å². The van der Waals surface area contributed by atoms with Crippen LogP contribution in [0.4, 0.5) is 10.5 Å². The fourth-order valence-electron chi connectivity index (χ4n) is 10.7. The summed E-state index contributed by atoms with van der Waals surface area (Å²) < 4.78 is 25.1. The number of amides is 6. The van der Waals surface area contributed by atoms with Crippen LogP contribution in [-0.2, 0) is 54.3 Å². The normalized spacial score (nSPS) is 27.0. The number of ether oxygens (including phenoxy) is 4. The van der Waals surface area contributed by atoms with Crippen LogP contribution in [0.3, 0.4) is 0 Å².